The van der Waals surface area contributed by atoms with Crippen LogP contribution in [-0.4, -0.2) is 47.4 Å². The van der Waals surface area contributed by atoms with Gasteiger partial charge in [0.15, 0.2) is 8.32 Å². The fourth-order valence-corrected chi connectivity index (χ4v) is 4.92. The van der Waals surface area contributed by atoms with Crippen molar-refractivity contribution < 1.29 is 9.53 Å². The third-order valence-electron chi connectivity index (χ3n) is 6.85. The molecule has 0 fully saturated rings. The molecular weight excluding hydrogens is 426 g/mol. The second kappa shape index (κ2) is 10.5. The molecule has 0 aromatic carbocycles. The van der Waals surface area contributed by atoms with E-state index < -0.39 is 14.4 Å². The highest BCUT2D eigenvalue weighted by Crippen LogP contribution is 2.36. The lowest BCUT2D eigenvalue weighted by molar-refractivity contribution is 0.192. The molecule has 0 radical (unpaired) electrons. The molecule has 5 nitrogen and oxygen atoms in total. The molecule has 0 spiro atoms. The van der Waals surface area contributed by atoms with Crippen LogP contribution in [0.2, 0.25) is 18.1 Å². The zero-order valence-corrected chi connectivity index (χ0v) is 22.4. The number of nitrogens with zero attached hydrogens (tertiary/aromatic N) is 3. The van der Waals surface area contributed by atoms with Gasteiger partial charge in [-0.1, -0.05) is 39.8 Å². The zero-order chi connectivity index (χ0) is 24.2. The number of aliphatic hydroxyl groups is 1. The van der Waals surface area contributed by atoms with E-state index in [0.29, 0.717) is 0 Å². The summed E-state index contributed by atoms with van der Waals surface area (Å²) in [6.07, 6.45) is 4.56. The minimum Gasteiger partial charge on any atom is -0.416 e. The van der Waals surface area contributed by atoms with Gasteiger partial charge in [-0.05, 0) is 67.9 Å². The summed E-state index contributed by atoms with van der Waals surface area (Å²) in [6.45, 7) is 19.1. The van der Waals surface area contributed by atoms with Gasteiger partial charge in [0, 0.05) is 43.2 Å². The number of pyridine rings is 2. The van der Waals surface area contributed by atoms with Crippen molar-refractivity contribution in [1.82, 2.24) is 14.3 Å². The van der Waals surface area contributed by atoms with Gasteiger partial charge >= 0.3 is 0 Å². The minimum absolute atomic E-state index is 0.232. The second-order valence-electron chi connectivity index (χ2n) is 10.6. The molecule has 6 heteroatoms. The largest absolute Gasteiger partial charge is 0.416 e. The molecule has 3 heterocycles. The highest BCUT2D eigenvalue weighted by Gasteiger charge is 2.36. The van der Waals surface area contributed by atoms with Gasteiger partial charge < -0.3 is 13.9 Å². The molecule has 180 valence electrons. The Morgan fingerprint density at radius 3 is 2.52 bits per heavy atom. The summed E-state index contributed by atoms with van der Waals surface area (Å²) in [7, 11) is -1.72. The maximum absolute atomic E-state index is 10.3. The Kier molecular flexibility index (Phi) is 8.16. The van der Waals surface area contributed by atoms with Crippen molar-refractivity contribution in [2.45, 2.75) is 71.8 Å². The normalized spacial score (nSPS) is 13.7. The molecule has 1 atom stereocenters. The predicted octanol–water partition coefficient (Wildman–Crippen LogP) is 6.29. The van der Waals surface area contributed by atoms with E-state index in [1.54, 1.807) is 6.92 Å². The maximum Gasteiger partial charge on any atom is 0.192 e. The molecular formula is C27H41N3O2Si. The third kappa shape index (κ3) is 6.12. The van der Waals surface area contributed by atoms with E-state index in [4.69, 9.17) is 9.41 Å². The fraction of sp³-hybridized carbons (Fsp3) is 0.519. The van der Waals surface area contributed by atoms with Crippen LogP contribution in [0.15, 0.2) is 48.8 Å². The molecule has 0 saturated heterocycles. The molecule has 0 bridgehead atoms. The van der Waals surface area contributed by atoms with Crippen LogP contribution in [0.5, 0.6) is 0 Å². The van der Waals surface area contributed by atoms with Gasteiger partial charge in [0.25, 0.3) is 0 Å². The van der Waals surface area contributed by atoms with E-state index >= 15 is 0 Å². The Bertz CT molecular complexity index is 1040. The highest BCUT2D eigenvalue weighted by molar-refractivity contribution is 6.74. The smallest absolute Gasteiger partial charge is 0.192 e. The second-order valence-corrected chi connectivity index (χ2v) is 15.4. The quantitative estimate of drug-likeness (QED) is 0.356. The van der Waals surface area contributed by atoms with E-state index in [0.717, 1.165) is 55.1 Å². The van der Waals surface area contributed by atoms with Crippen molar-refractivity contribution in [1.29, 1.82) is 0 Å². The summed E-state index contributed by atoms with van der Waals surface area (Å²) in [5, 5.41) is 10.6. The predicted molar refractivity (Wildman–Crippen MR) is 140 cm³/mol. The van der Waals surface area contributed by atoms with E-state index in [2.05, 4.69) is 68.3 Å². The number of hydrogen-bond donors (Lipinski definition) is 1. The lowest BCUT2D eigenvalue weighted by Crippen LogP contribution is -2.42. The highest BCUT2D eigenvalue weighted by atomic mass is 28.4. The summed E-state index contributed by atoms with van der Waals surface area (Å²) in [5.41, 5.74) is 4.99. The molecule has 0 aliphatic carbocycles. The van der Waals surface area contributed by atoms with E-state index in [1.165, 1.54) is 5.56 Å². The summed E-state index contributed by atoms with van der Waals surface area (Å²) < 4.78 is 8.51. The van der Waals surface area contributed by atoms with Gasteiger partial charge in [-0.15, -0.1) is 0 Å². The van der Waals surface area contributed by atoms with Crippen molar-refractivity contribution in [3.63, 3.8) is 0 Å². The molecule has 33 heavy (non-hydrogen) atoms. The standard InChI is InChI=1S/C27H41N3O2Si/c1-8-14-29(16-17-32-33(6,7)27(3,4)5)20-22-12-13-25(28-19-22)26-24(21(2)31)18-23-11-9-10-15-30(23)26/h9-13,15,18-19,21,31H,8,14,16-17,20H2,1-7H3. The maximum atomic E-state index is 10.3. The van der Waals surface area contributed by atoms with E-state index in [9.17, 15) is 5.11 Å². The molecule has 1 unspecified atom stereocenters. The SMILES string of the molecule is CCCN(CCO[Si](C)(C)C(C)(C)C)Cc1ccc(-c2c(C(C)O)cc3ccccn23)nc1. The van der Waals surface area contributed by atoms with Crippen molar-refractivity contribution >= 4 is 13.8 Å². The lowest BCUT2D eigenvalue weighted by atomic mass is 10.1. The monoisotopic (exact) mass is 467 g/mol. The number of aliphatic hydroxyl groups excluding tert-OH is 1. The molecule has 3 aromatic heterocycles. The number of aromatic nitrogens is 2. The molecule has 0 aliphatic heterocycles. The minimum atomic E-state index is -1.72. The Balaban J connectivity index is 1.73. The first-order valence-electron chi connectivity index (χ1n) is 12.1. The van der Waals surface area contributed by atoms with Gasteiger partial charge in [-0.3, -0.25) is 9.88 Å². The van der Waals surface area contributed by atoms with Crippen molar-refractivity contribution in [3.8, 4) is 11.4 Å². The first kappa shape index (κ1) is 25.6. The molecule has 0 aliphatic rings. The Hall–Kier alpha value is -1.99. The molecule has 0 saturated carbocycles. The first-order valence-corrected chi connectivity index (χ1v) is 15.0. The average molecular weight is 468 g/mol. The molecule has 3 aromatic rings. The van der Waals surface area contributed by atoms with Crippen molar-refractivity contribution in [2.24, 2.45) is 0 Å². The number of fused-ring (bicyclic) bond motifs is 1. The van der Waals surface area contributed by atoms with Crippen LogP contribution in [0, 0.1) is 0 Å². The van der Waals surface area contributed by atoms with Gasteiger partial charge in [-0.2, -0.15) is 0 Å². The summed E-state index contributed by atoms with van der Waals surface area (Å²) in [5.74, 6) is 0. The van der Waals surface area contributed by atoms with Crippen LogP contribution in [0.1, 0.15) is 58.3 Å². The molecule has 1 N–H and O–H groups in total. The Morgan fingerprint density at radius 2 is 1.91 bits per heavy atom. The lowest BCUT2D eigenvalue weighted by Gasteiger charge is -2.36. The van der Waals surface area contributed by atoms with Crippen molar-refractivity contribution in [3.05, 3.63) is 59.9 Å². The van der Waals surface area contributed by atoms with Gasteiger partial charge in [0.1, 0.15) is 0 Å². The van der Waals surface area contributed by atoms with Gasteiger partial charge in [0.05, 0.1) is 17.5 Å². The summed E-state index contributed by atoms with van der Waals surface area (Å²) in [6, 6.07) is 12.4. The number of hydrogen-bond acceptors (Lipinski definition) is 4. The van der Waals surface area contributed by atoms with Gasteiger partial charge in [0.2, 0.25) is 0 Å². The average Bonchev–Trinajstić information content (AvgIpc) is 3.13. The van der Waals surface area contributed by atoms with E-state index in [-0.39, 0.29) is 5.04 Å². The van der Waals surface area contributed by atoms with Crippen LogP contribution in [-0.2, 0) is 11.0 Å². The zero-order valence-electron chi connectivity index (χ0n) is 21.4. The van der Waals surface area contributed by atoms with Gasteiger partial charge in [-0.25, -0.2) is 0 Å². The van der Waals surface area contributed by atoms with Crippen LogP contribution in [0.25, 0.3) is 16.9 Å². The van der Waals surface area contributed by atoms with Crippen LogP contribution in [0.3, 0.4) is 0 Å². The fourth-order valence-electron chi connectivity index (χ4n) is 3.88. The summed E-state index contributed by atoms with van der Waals surface area (Å²) >= 11 is 0. The van der Waals surface area contributed by atoms with Crippen LogP contribution >= 0.6 is 0 Å². The van der Waals surface area contributed by atoms with Crippen LogP contribution < -0.4 is 0 Å². The van der Waals surface area contributed by atoms with E-state index in [1.807, 2.05) is 30.6 Å². The number of rotatable bonds is 10. The van der Waals surface area contributed by atoms with Crippen molar-refractivity contribution in [2.75, 3.05) is 19.7 Å². The Labute approximate surface area is 200 Å². The molecule has 0 amide bonds. The first-order chi connectivity index (χ1) is 15.5. The topological polar surface area (TPSA) is 50.0 Å². The third-order valence-corrected chi connectivity index (χ3v) is 11.4. The van der Waals surface area contributed by atoms with Crippen LogP contribution in [0.4, 0.5) is 0 Å². The Morgan fingerprint density at radius 1 is 1.15 bits per heavy atom. The molecule has 3 rings (SSSR count). The summed E-state index contributed by atoms with van der Waals surface area (Å²) in [4.78, 5) is 7.25.